The summed E-state index contributed by atoms with van der Waals surface area (Å²) in [4.78, 5) is 35.7. The van der Waals surface area contributed by atoms with Crippen molar-refractivity contribution in [2.24, 2.45) is 0 Å². The summed E-state index contributed by atoms with van der Waals surface area (Å²) in [5.74, 6) is 1.49. The standard InChI is InChI=1S/C18H18N4O4/c1-3-13-5-4-6-14(11-13)20-16(23)12-19-18(25)15-7-8-17(24)22(21-15)9-10-26-2/h1,4-8,11H,9-10,12H2,2H3,(H,19,25)(H,20,23). The van der Waals surface area contributed by atoms with Crippen LogP contribution in [0, 0.1) is 12.3 Å². The number of nitrogens with one attached hydrogen (secondary N) is 2. The van der Waals surface area contributed by atoms with E-state index in [9.17, 15) is 14.4 Å². The maximum atomic E-state index is 12.1. The Bertz CT molecular complexity index is 899. The van der Waals surface area contributed by atoms with Crippen molar-refractivity contribution in [1.29, 1.82) is 0 Å². The zero-order valence-electron chi connectivity index (χ0n) is 14.2. The predicted molar refractivity (Wildman–Crippen MR) is 95.7 cm³/mol. The van der Waals surface area contributed by atoms with Crippen LogP contribution in [0.2, 0.25) is 0 Å². The third-order valence-electron chi connectivity index (χ3n) is 3.33. The summed E-state index contributed by atoms with van der Waals surface area (Å²) >= 11 is 0. The van der Waals surface area contributed by atoms with Crippen molar-refractivity contribution in [3.63, 3.8) is 0 Å². The zero-order chi connectivity index (χ0) is 18.9. The van der Waals surface area contributed by atoms with Crippen LogP contribution in [-0.4, -0.2) is 41.9 Å². The SMILES string of the molecule is C#Cc1cccc(NC(=O)CNC(=O)c2ccc(=O)n(CCOC)n2)c1. The second-order valence-corrected chi connectivity index (χ2v) is 5.23. The molecule has 0 spiro atoms. The van der Waals surface area contributed by atoms with Gasteiger partial charge in [-0.05, 0) is 24.3 Å². The van der Waals surface area contributed by atoms with Gasteiger partial charge < -0.3 is 15.4 Å². The number of methoxy groups -OCH3 is 1. The number of carbonyl (C=O) groups excluding carboxylic acids is 2. The summed E-state index contributed by atoms with van der Waals surface area (Å²) in [6, 6.07) is 9.33. The Balaban J connectivity index is 1.94. The van der Waals surface area contributed by atoms with Gasteiger partial charge in [-0.3, -0.25) is 14.4 Å². The number of nitrogens with zero attached hydrogens (tertiary/aromatic N) is 2. The number of amides is 2. The van der Waals surface area contributed by atoms with Crippen LogP contribution in [0.5, 0.6) is 0 Å². The number of terminal acetylenes is 1. The third kappa shape index (κ3) is 5.29. The smallest absolute Gasteiger partial charge is 0.272 e. The largest absolute Gasteiger partial charge is 0.383 e. The van der Waals surface area contributed by atoms with Crippen LogP contribution in [0.25, 0.3) is 0 Å². The highest BCUT2D eigenvalue weighted by Gasteiger charge is 2.11. The van der Waals surface area contributed by atoms with E-state index in [0.717, 1.165) is 4.68 Å². The van der Waals surface area contributed by atoms with Gasteiger partial charge in [0, 0.05) is 24.4 Å². The van der Waals surface area contributed by atoms with Crippen molar-refractivity contribution >= 4 is 17.5 Å². The van der Waals surface area contributed by atoms with Crippen LogP contribution in [0.3, 0.4) is 0 Å². The molecule has 0 unspecified atom stereocenters. The molecular formula is C18H18N4O4. The Kier molecular flexibility index (Phi) is 6.65. The average molecular weight is 354 g/mol. The number of benzene rings is 1. The van der Waals surface area contributed by atoms with Gasteiger partial charge in [0.2, 0.25) is 5.91 Å². The first-order valence-electron chi connectivity index (χ1n) is 7.75. The molecule has 0 bridgehead atoms. The Labute approximate surface area is 150 Å². The minimum absolute atomic E-state index is 0.0304. The molecule has 0 aliphatic heterocycles. The van der Waals surface area contributed by atoms with Crippen molar-refractivity contribution in [2.75, 3.05) is 25.6 Å². The van der Waals surface area contributed by atoms with Gasteiger partial charge in [-0.2, -0.15) is 5.10 Å². The summed E-state index contributed by atoms with van der Waals surface area (Å²) < 4.78 is 6.02. The van der Waals surface area contributed by atoms with Gasteiger partial charge in [0.15, 0.2) is 0 Å². The minimum atomic E-state index is -0.566. The molecule has 26 heavy (non-hydrogen) atoms. The van der Waals surface area contributed by atoms with E-state index < -0.39 is 11.8 Å². The maximum Gasteiger partial charge on any atom is 0.272 e. The van der Waals surface area contributed by atoms with E-state index in [-0.39, 0.29) is 30.9 Å². The molecule has 2 N–H and O–H groups in total. The number of rotatable bonds is 7. The number of hydrogen-bond acceptors (Lipinski definition) is 5. The molecule has 0 fully saturated rings. The fourth-order valence-corrected chi connectivity index (χ4v) is 2.05. The van der Waals surface area contributed by atoms with Gasteiger partial charge in [0.25, 0.3) is 11.5 Å². The highest BCUT2D eigenvalue weighted by atomic mass is 16.5. The second kappa shape index (κ2) is 9.15. The van der Waals surface area contributed by atoms with Crippen LogP contribution in [0.15, 0.2) is 41.2 Å². The minimum Gasteiger partial charge on any atom is -0.383 e. The van der Waals surface area contributed by atoms with Crippen LogP contribution < -0.4 is 16.2 Å². The molecule has 1 aromatic heterocycles. The van der Waals surface area contributed by atoms with E-state index >= 15 is 0 Å². The Morgan fingerprint density at radius 1 is 1.31 bits per heavy atom. The zero-order valence-corrected chi connectivity index (χ0v) is 14.2. The fourth-order valence-electron chi connectivity index (χ4n) is 2.05. The predicted octanol–water partition coefficient (Wildman–Crippen LogP) is 0.239. The maximum absolute atomic E-state index is 12.1. The van der Waals surface area contributed by atoms with Gasteiger partial charge in [0.1, 0.15) is 5.69 Å². The lowest BCUT2D eigenvalue weighted by Crippen LogP contribution is -2.35. The van der Waals surface area contributed by atoms with E-state index in [1.807, 2.05) is 0 Å². The van der Waals surface area contributed by atoms with Gasteiger partial charge in [0.05, 0.1) is 19.7 Å². The molecule has 8 heteroatoms. The summed E-state index contributed by atoms with van der Waals surface area (Å²) in [7, 11) is 1.50. The van der Waals surface area contributed by atoms with E-state index in [1.54, 1.807) is 24.3 Å². The normalized spacial score (nSPS) is 10.0. The first kappa shape index (κ1) is 18.9. The number of ether oxygens (including phenoxy) is 1. The van der Waals surface area contributed by atoms with Crippen LogP contribution in [0.4, 0.5) is 5.69 Å². The van der Waals surface area contributed by atoms with Gasteiger partial charge in [-0.25, -0.2) is 4.68 Å². The number of carbonyl (C=O) groups is 2. The van der Waals surface area contributed by atoms with E-state index in [2.05, 4.69) is 21.7 Å². The molecule has 1 heterocycles. The van der Waals surface area contributed by atoms with Gasteiger partial charge in [-0.1, -0.05) is 12.0 Å². The summed E-state index contributed by atoms with van der Waals surface area (Å²) in [5.41, 5.74) is 0.855. The lowest BCUT2D eigenvalue weighted by molar-refractivity contribution is -0.115. The fraction of sp³-hybridized carbons (Fsp3) is 0.222. The molecule has 0 atom stereocenters. The van der Waals surface area contributed by atoms with Crippen LogP contribution in [0.1, 0.15) is 16.1 Å². The Morgan fingerprint density at radius 2 is 2.12 bits per heavy atom. The lowest BCUT2D eigenvalue weighted by Gasteiger charge is -2.08. The van der Waals surface area contributed by atoms with Gasteiger partial charge in [-0.15, -0.1) is 6.42 Å². The molecule has 0 saturated heterocycles. The van der Waals surface area contributed by atoms with E-state index in [4.69, 9.17) is 11.2 Å². The van der Waals surface area contributed by atoms with Crippen LogP contribution in [-0.2, 0) is 16.1 Å². The first-order valence-corrected chi connectivity index (χ1v) is 7.75. The molecule has 2 rings (SSSR count). The molecule has 8 nitrogen and oxygen atoms in total. The summed E-state index contributed by atoms with van der Waals surface area (Å²) in [6.07, 6.45) is 5.31. The van der Waals surface area contributed by atoms with Crippen molar-refractivity contribution < 1.29 is 14.3 Å². The summed E-state index contributed by atoms with van der Waals surface area (Å²) in [5, 5.41) is 9.03. The van der Waals surface area contributed by atoms with Crippen LogP contribution >= 0.6 is 0 Å². The molecule has 134 valence electrons. The number of anilines is 1. The average Bonchev–Trinajstić information content (AvgIpc) is 2.65. The van der Waals surface area contributed by atoms with E-state index in [1.165, 1.54) is 19.2 Å². The first-order chi connectivity index (χ1) is 12.5. The molecule has 2 amide bonds. The van der Waals surface area contributed by atoms with Gasteiger partial charge >= 0.3 is 0 Å². The number of aromatic nitrogens is 2. The quantitative estimate of drug-likeness (QED) is 0.694. The molecule has 0 aliphatic rings. The second-order valence-electron chi connectivity index (χ2n) is 5.23. The third-order valence-corrected chi connectivity index (χ3v) is 3.33. The molecule has 1 aromatic carbocycles. The topological polar surface area (TPSA) is 102 Å². The summed E-state index contributed by atoms with van der Waals surface area (Å²) in [6.45, 7) is 0.261. The Morgan fingerprint density at radius 3 is 2.85 bits per heavy atom. The molecular weight excluding hydrogens is 336 g/mol. The monoisotopic (exact) mass is 354 g/mol. The number of hydrogen-bond donors (Lipinski definition) is 2. The highest BCUT2D eigenvalue weighted by Crippen LogP contribution is 2.09. The van der Waals surface area contributed by atoms with Crippen molar-refractivity contribution in [3.05, 3.63) is 58.0 Å². The Hall–Kier alpha value is -3.44. The molecule has 2 aromatic rings. The van der Waals surface area contributed by atoms with Crippen molar-refractivity contribution in [3.8, 4) is 12.3 Å². The van der Waals surface area contributed by atoms with Crippen molar-refractivity contribution in [1.82, 2.24) is 15.1 Å². The lowest BCUT2D eigenvalue weighted by atomic mass is 10.2. The highest BCUT2D eigenvalue weighted by molar-refractivity contribution is 5.98. The van der Waals surface area contributed by atoms with E-state index in [0.29, 0.717) is 11.3 Å². The molecule has 0 radical (unpaired) electrons. The molecule has 0 saturated carbocycles. The molecule has 0 aliphatic carbocycles. The van der Waals surface area contributed by atoms with Crippen molar-refractivity contribution in [2.45, 2.75) is 6.54 Å².